The van der Waals surface area contributed by atoms with E-state index in [1.807, 2.05) is 63.7 Å². The maximum Gasteiger partial charge on any atom is 0.0796 e. The predicted molar refractivity (Wildman–Crippen MR) is 73.8 cm³/mol. The molecule has 0 amide bonds. The monoisotopic (exact) mass is 233 g/mol. The first-order valence-electron chi connectivity index (χ1n) is 6.07. The minimum Gasteiger partial charge on any atom is -0.248 e. The number of allylic oxidation sites excluding steroid dienone is 6. The zero-order valence-corrected chi connectivity index (χ0v) is 11.5. The summed E-state index contributed by atoms with van der Waals surface area (Å²) >= 11 is 0. The van der Waals surface area contributed by atoms with Crippen LogP contribution in [0, 0.1) is 6.92 Å². The summed E-state index contributed by atoms with van der Waals surface area (Å²) in [5, 5.41) is 7.97. The van der Waals surface area contributed by atoms with E-state index >= 15 is 0 Å². The molecule has 0 atom stereocenters. The van der Waals surface area contributed by atoms with Crippen LogP contribution in [0.5, 0.6) is 0 Å². The maximum absolute atomic E-state index is 4.01. The highest BCUT2D eigenvalue weighted by molar-refractivity contribution is 5.23. The number of nitrogens with zero attached hydrogens (tertiary/aromatic N) is 3. The van der Waals surface area contributed by atoms with Crippen molar-refractivity contribution in [2.24, 2.45) is 0 Å². The van der Waals surface area contributed by atoms with Gasteiger partial charge in [0.1, 0.15) is 0 Å². The molecule has 0 aromatic carbocycles. The molecule has 1 aromatic heterocycles. The summed E-state index contributed by atoms with van der Waals surface area (Å²) in [7, 11) is 0. The average molecular weight is 233 g/mol. The van der Waals surface area contributed by atoms with Gasteiger partial charge in [0.05, 0.1) is 12.2 Å². The van der Waals surface area contributed by atoms with Crippen LogP contribution >= 0.6 is 0 Å². The standard InChI is InChI=1S/C12H17N3.C2H6/c1-4-6-8-12(7-5-2)10-15-9-11(3)13-14-15;1-2/h4-9H,10H2,1-3H3;1-2H3/b6-4-,7-5-,12-8+;. The van der Waals surface area contributed by atoms with Gasteiger partial charge in [0.2, 0.25) is 0 Å². The largest absolute Gasteiger partial charge is 0.248 e. The van der Waals surface area contributed by atoms with E-state index in [1.165, 1.54) is 5.57 Å². The van der Waals surface area contributed by atoms with Crippen molar-refractivity contribution in [1.29, 1.82) is 0 Å². The highest BCUT2D eigenvalue weighted by atomic mass is 15.4. The van der Waals surface area contributed by atoms with Crippen LogP contribution in [0.4, 0.5) is 0 Å². The highest BCUT2D eigenvalue weighted by Gasteiger charge is 1.97. The zero-order chi connectivity index (χ0) is 13.1. The van der Waals surface area contributed by atoms with Crippen molar-refractivity contribution < 1.29 is 0 Å². The summed E-state index contributed by atoms with van der Waals surface area (Å²) in [6.07, 6.45) is 12.2. The second-order valence-electron chi connectivity index (χ2n) is 3.32. The topological polar surface area (TPSA) is 30.7 Å². The van der Waals surface area contributed by atoms with Crippen LogP contribution in [0.1, 0.15) is 33.4 Å². The molecular formula is C14H23N3. The average Bonchev–Trinajstić information content (AvgIpc) is 2.75. The number of hydrogen-bond donors (Lipinski definition) is 0. The normalized spacial score (nSPS) is 11.9. The Bertz CT molecular complexity index is 384. The van der Waals surface area contributed by atoms with E-state index in [4.69, 9.17) is 0 Å². The lowest BCUT2D eigenvalue weighted by atomic mass is 10.2. The van der Waals surface area contributed by atoms with Gasteiger partial charge < -0.3 is 0 Å². The van der Waals surface area contributed by atoms with E-state index in [-0.39, 0.29) is 0 Å². The van der Waals surface area contributed by atoms with Crippen LogP contribution in [0.3, 0.4) is 0 Å². The van der Waals surface area contributed by atoms with Crippen molar-refractivity contribution in [3.05, 3.63) is 47.8 Å². The van der Waals surface area contributed by atoms with Crippen LogP contribution in [0.2, 0.25) is 0 Å². The quantitative estimate of drug-likeness (QED) is 0.742. The first kappa shape index (κ1) is 15.4. The molecule has 0 aliphatic carbocycles. The van der Waals surface area contributed by atoms with Crippen molar-refractivity contribution in [1.82, 2.24) is 15.0 Å². The molecule has 1 aromatic rings. The number of aryl methyl sites for hydroxylation is 1. The lowest BCUT2D eigenvalue weighted by Crippen LogP contribution is -2.00. The van der Waals surface area contributed by atoms with Gasteiger partial charge in [-0.05, 0) is 26.3 Å². The molecule has 1 heterocycles. The van der Waals surface area contributed by atoms with E-state index in [9.17, 15) is 0 Å². The first-order chi connectivity index (χ1) is 8.26. The molecule has 0 bridgehead atoms. The molecule has 3 heteroatoms. The molecule has 3 nitrogen and oxygen atoms in total. The van der Waals surface area contributed by atoms with E-state index in [1.54, 1.807) is 0 Å². The van der Waals surface area contributed by atoms with Gasteiger partial charge in [0, 0.05) is 6.20 Å². The van der Waals surface area contributed by atoms with Crippen molar-refractivity contribution in [3.8, 4) is 0 Å². The van der Waals surface area contributed by atoms with E-state index in [0.29, 0.717) is 0 Å². The van der Waals surface area contributed by atoms with Crippen LogP contribution in [-0.4, -0.2) is 15.0 Å². The van der Waals surface area contributed by atoms with E-state index in [0.717, 1.165) is 12.2 Å². The fourth-order valence-electron chi connectivity index (χ4n) is 1.25. The molecule has 0 radical (unpaired) electrons. The van der Waals surface area contributed by atoms with Gasteiger partial charge in [-0.3, -0.25) is 0 Å². The highest BCUT2D eigenvalue weighted by Crippen LogP contribution is 2.02. The van der Waals surface area contributed by atoms with Gasteiger partial charge >= 0.3 is 0 Å². The number of hydrogen-bond acceptors (Lipinski definition) is 2. The van der Waals surface area contributed by atoms with Gasteiger partial charge in [0.25, 0.3) is 0 Å². The van der Waals surface area contributed by atoms with E-state index in [2.05, 4.69) is 22.5 Å². The summed E-state index contributed by atoms with van der Waals surface area (Å²) in [5.41, 5.74) is 2.15. The molecule has 0 fully saturated rings. The van der Waals surface area contributed by atoms with Crippen molar-refractivity contribution in [3.63, 3.8) is 0 Å². The molecular weight excluding hydrogens is 210 g/mol. The summed E-state index contributed by atoms with van der Waals surface area (Å²) < 4.78 is 1.84. The van der Waals surface area contributed by atoms with Crippen LogP contribution in [0.15, 0.2) is 42.2 Å². The Hall–Kier alpha value is -1.64. The Morgan fingerprint density at radius 1 is 1.29 bits per heavy atom. The molecule has 0 saturated heterocycles. The lowest BCUT2D eigenvalue weighted by Gasteiger charge is -2.00. The Kier molecular flexibility index (Phi) is 8.65. The molecule has 0 saturated carbocycles. The molecule has 0 unspecified atom stereocenters. The molecule has 0 N–H and O–H groups in total. The second-order valence-corrected chi connectivity index (χ2v) is 3.32. The minimum absolute atomic E-state index is 0.759. The maximum atomic E-state index is 4.01. The minimum atomic E-state index is 0.759. The van der Waals surface area contributed by atoms with Gasteiger partial charge in [-0.1, -0.05) is 49.4 Å². The predicted octanol–water partition coefficient (Wildman–Crippen LogP) is 3.69. The Morgan fingerprint density at radius 2 is 2.00 bits per heavy atom. The van der Waals surface area contributed by atoms with Crippen LogP contribution in [0.25, 0.3) is 0 Å². The van der Waals surface area contributed by atoms with Crippen molar-refractivity contribution >= 4 is 0 Å². The molecule has 0 aliphatic rings. The molecule has 0 spiro atoms. The third-order valence-corrected chi connectivity index (χ3v) is 1.88. The van der Waals surface area contributed by atoms with Crippen molar-refractivity contribution in [2.45, 2.75) is 41.2 Å². The van der Waals surface area contributed by atoms with Gasteiger partial charge in [0.15, 0.2) is 0 Å². The Balaban J connectivity index is 0.00000121. The SMILES string of the molecule is CC.C\C=C/C=C(\C=C/C)Cn1cc(C)nn1. The summed E-state index contributed by atoms with van der Waals surface area (Å²) in [5.74, 6) is 0. The van der Waals surface area contributed by atoms with E-state index < -0.39 is 0 Å². The van der Waals surface area contributed by atoms with Crippen LogP contribution in [-0.2, 0) is 6.54 Å². The zero-order valence-electron chi connectivity index (χ0n) is 11.5. The number of rotatable bonds is 4. The molecule has 17 heavy (non-hydrogen) atoms. The molecule has 0 aliphatic heterocycles. The summed E-state index contributed by atoms with van der Waals surface area (Å²) in [4.78, 5) is 0. The Labute approximate surface area is 105 Å². The smallest absolute Gasteiger partial charge is 0.0796 e. The third-order valence-electron chi connectivity index (χ3n) is 1.88. The Morgan fingerprint density at radius 3 is 2.47 bits per heavy atom. The van der Waals surface area contributed by atoms with Gasteiger partial charge in [-0.2, -0.15) is 0 Å². The fourth-order valence-corrected chi connectivity index (χ4v) is 1.25. The van der Waals surface area contributed by atoms with Crippen molar-refractivity contribution in [2.75, 3.05) is 0 Å². The summed E-state index contributed by atoms with van der Waals surface area (Å²) in [6, 6.07) is 0. The second kappa shape index (κ2) is 9.58. The summed E-state index contributed by atoms with van der Waals surface area (Å²) in [6.45, 7) is 10.7. The third kappa shape index (κ3) is 6.51. The molecule has 94 valence electrons. The molecule has 1 rings (SSSR count). The number of aromatic nitrogens is 3. The van der Waals surface area contributed by atoms with Crippen LogP contribution < -0.4 is 0 Å². The van der Waals surface area contributed by atoms with Gasteiger partial charge in [-0.15, -0.1) is 5.10 Å². The van der Waals surface area contributed by atoms with Gasteiger partial charge in [-0.25, -0.2) is 4.68 Å². The first-order valence-corrected chi connectivity index (χ1v) is 6.07. The lowest BCUT2D eigenvalue weighted by molar-refractivity contribution is 0.649. The fraction of sp³-hybridized carbons (Fsp3) is 0.429.